The Bertz CT molecular complexity index is 891. The van der Waals surface area contributed by atoms with E-state index >= 15 is 0 Å². The first kappa shape index (κ1) is 50.0. The van der Waals surface area contributed by atoms with Crippen LogP contribution in [-0.4, -0.2) is 73.4 Å². The number of nitrogens with one attached hydrogen (secondary N) is 1. The lowest BCUT2D eigenvalue weighted by Gasteiger charge is -2.25. The molecule has 0 fully saturated rings. The monoisotopic (exact) mass is 744 g/mol. The summed E-state index contributed by atoms with van der Waals surface area (Å²) < 4.78 is 23.4. The third-order valence-electron chi connectivity index (χ3n) is 9.42. The van der Waals surface area contributed by atoms with Gasteiger partial charge in [-0.05, 0) is 32.1 Å². The number of unbranched alkanes of at least 4 members (excludes halogenated alkanes) is 23. The third kappa shape index (κ3) is 37.1. The smallest absolute Gasteiger partial charge is 0.387 e. The van der Waals surface area contributed by atoms with Gasteiger partial charge in [0.05, 0.1) is 39.9 Å². The molecule has 0 spiro atoms. The van der Waals surface area contributed by atoms with Crippen LogP contribution in [0.3, 0.4) is 0 Å². The average molecular weight is 744 g/mol. The number of hydrogen-bond donors (Lipinski definition) is 3. The normalized spacial score (nSPS) is 14.7. The minimum absolute atomic E-state index is 0.0575. The second kappa shape index (κ2) is 34.7. The summed E-state index contributed by atoms with van der Waals surface area (Å²) in [7, 11) is 1.56. The number of carbonyl (C=O) groups excluding carboxylic acids is 1. The number of phosphoric ester groups is 1. The fourth-order valence-electron chi connectivity index (χ4n) is 6.00. The molecule has 0 aliphatic rings. The van der Waals surface area contributed by atoms with Crippen molar-refractivity contribution in [1.82, 2.24) is 5.32 Å². The van der Waals surface area contributed by atoms with Gasteiger partial charge in [-0.25, -0.2) is 4.57 Å². The lowest BCUT2D eigenvalue weighted by atomic mass is 10.0. The predicted octanol–water partition coefficient (Wildman–Crippen LogP) is 11.4. The second-order valence-electron chi connectivity index (χ2n) is 15.7. The molecule has 302 valence electrons. The van der Waals surface area contributed by atoms with E-state index in [9.17, 15) is 19.4 Å². The number of allylic oxidation sites excluding steroid dienone is 3. The van der Waals surface area contributed by atoms with E-state index in [4.69, 9.17) is 9.05 Å². The number of phosphoric acid groups is 1. The third-order valence-corrected chi connectivity index (χ3v) is 10.4. The van der Waals surface area contributed by atoms with E-state index in [1.807, 2.05) is 27.2 Å². The summed E-state index contributed by atoms with van der Waals surface area (Å²) in [4.78, 5) is 22.9. The summed E-state index contributed by atoms with van der Waals surface area (Å²) in [6, 6.07) is -0.855. The van der Waals surface area contributed by atoms with Crippen LogP contribution < -0.4 is 5.32 Å². The van der Waals surface area contributed by atoms with Crippen LogP contribution in [0.4, 0.5) is 0 Å². The van der Waals surface area contributed by atoms with Crippen LogP contribution in [-0.2, 0) is 18.4 Å². The number of rotatable bonds is 38. The highest BCUT2D eigenvalue weighted by Crippen LogP contribution is 2.43. The van der Waals surface area contributed by atoms with E-state index in [1.54, 1.807) is 6.08 Å². The molecule has 3 unspecified atom stereocenters. The molecule has 51 heavy (non-hydrogen) atoms. The maximum atomic E-state index is 12.7. The Balaban J connectivity index is 4.31. The minimum Gasteiger partial charge on any atom is -0.387 e. The number of hydrogen-bond acceptors (Lipinski definition) is 5. The lowest BCUT2D eigenvalue weighted by molar-refractivity contribution is -0.870. The standard InChI is InChI=1S/C42H83N2O6P/c1-6-8-10-12-14-15-16-17-18-19-20-21-22-23-24-25-26-27-28-30-31-33-35-41(45)40(39-50-51(47,48)49-38-37-44(3,4)5)43-42(46)36-34-32-29-13-11-9-7-2/h27-28,33,35,40-41,45H,6-26,29-32,34,36-39H2,1-5H3,(H-,43,46,47,48)/p+1/b28-27+,35-33+. The Morgan fingerprint density at radius 3 is 1.57 bits per heavy atom. The number of amides is 1. The van der Waals surface area contributed by atoms with Crippen LogP contribution in [0, 0.1) is 0 Å². The van der Waals surface area contributed by atoms with E-state index in [-0.39, 0.29) is 19.1 Å². The average Bonchev–Trinajstić information content (AvgIpc) is 3.07. The van der Waals surface area contributed by atoms with Gasteiger partial charge < -0.3 is 19.8 Å². The van der Waals surface area contributed by atoms with Gasteiger partial charge in [0.15, 0.2) is 0 Å². The number of aliphatic hydroxyl groups excluding tert-OH is 1. The topological polar surface area (TPSA) is 105 Å². The van der Waals surface area contributed by atoms with E-state index in [2.05, 4.69) is 31.3 Å². The van der Waals surface area contributed by atoms with Gasteiger partial charge in [-0.3, -0.25) is 13.8 Å². The van der Waals surface area contributed by atoms with Gasteiger partial charge in [0.2, 0.25) is 5.91 Å². The maximum absolute atomic E-state index is 12.7. The van der Waals surface area contributed by atoms with Crippen molar-refractivity contribution in [2.45, 2.75) is 199 Å². The summed E-state index contributed by atoms with van der Waals surface area (Å²) >= 11 is 0. The summed E-state index contributed by atoms with van der Waals surface area (Å²) in [5.41, 5.74) is 0. The van der Waals surface area contributed by atoms with E-state index < -0.39 is 20.0 Å². The molecule has 0 aromatic rings. The van der Waals surface area contributed by atoms with Gasteiger partial charge >= 0.3 is 7.82 Å². The molecule has 0 aliphatic heterocycles. The van der Waals surface area contributed by atoms with Crippen molar-refractivity contribution in [2.75, 3.05) is 40.9 Å². The molecule has 0 saturated carbocycles. The highest BCUT2D eigenvalue weighted by atomic mass is 31.2. The van der Waals surface area contributed by atoms with E-state index in [0.717, 1.165) is 38.5 Å². The van der Waals surface area contributed by atoms with Gasteiger partial charge in [-0.2, -0.15) is 0 Å². The Kier molecular flexibility index (Phi) is 34.0. The molecule has 0 radical (unpaired) electrons. The molecular weight excluding hydrogens is 659 g/mol. The highest BCUT2D eigenvalue weighted by Gasteiger charge is 2.27. The number of nitrogens with zero attached hydrogens (tertiary/aromatic N) is 1. The first-order valence-electron chi connectivity index (χ1n) is 21.2. The van der Waals surface area contributed by atoms with Gasteiger partial charge in [-0.15, -0.1) is 0 Å². The Morgan fingerprint density at radius 1 is 0.647 bits per heavy atom. The quantitative estimate of drug-likeness (QED) is 0.0252. The predicted molar refractivity (Wildman–Crippen MR) is 217 cm³/mol. The maximum Gasteiger partial charge on any atom is 0.472 e. The molecule has 0 aromatic carbocycles. The number of carbonyl (C=O) groups is 1. The van der Waals surface area contributed by atoms with Crippen molar-refractivity contribution in [2.24, 2.45) is 0 Å². The zero-order valence-corrected chi connectivity index (χ0v) is 35.0. The summed E-state index contributed by atoms with van der Waals surface area (Å²) in [6.07, 6.45) is 39.9. The Morgan fingerprint density at radius 2 is 1.08 bits per heavy atom. The zero-order valence-electron chi connectivity index (χ0n) is 34.1. The molecule has 0 aliphatic carbocycles. The van der Waals surface area contributed by atoms with Gasteiger partial charge in [-0.1, -0.05) is 173 Å². The fraction of sp³-hybridized carbons (Fsp3) is 0.881. The van der Waals surface area contributed by atoms with Gasteiger partial charge in [0.25, 0.3) is 0 Å². The molecule has 8 nitrogen and oxygen atoms in total. The zero-order chi connectivity index (χ0) is 37.9. The molecule has 1 amide bonds. The van der Waals surface area contributed by atoms with Crippen LogP contribution in [0.15, 0.2) is 24.3 Å². The number of aliphatic hydroxyl groups is 1. The van der Waals surface area contributed by atoms with Crippen molar-refractivity contribution in [1.29, 1.82) is 0 Å². The van der Waals surface area contributed by atoms with Crippen molar-refractivity contribution in [3.63, 3.8) is 0 Å². The molecule has 0 aromatic heterocycles. The first-order chi connectivity index (χ1) is 24.5. The number of likely N-dealkylation sites (N-methyl/N-ethyl adjacent to an activating group) is 1. The molecule has 3 atom stereocenters. The molecule has 0 rings (SSSR count). The molecule has 3 N–H and O–H groups in total. The van der Waals surface area contributed by atoms with Crippen LogP contribution in [0.25, 0.3) is 0 Å². The molecule has 0 saturated heterocycles. The minimum atomic E-state index is -4.33. The Labute approximate surface area is 315 Å². The van der Waals surface area contributed by atoms with E-state index in [1.165, 1.54) is 128 Å². The molecule has 9 heteroatoms. The van der Waals surface area contributed by atoms with Crippen molar-refractivity contribution < 1.29 is 32.9 Å². The Hall–Kier alpha value is -1.02. The summed E-state index contributed by atoms with van der Waals surface area (Å²) in [5.74, 6) is -0.194. The van der Waals surface area contributed by atoms with Crippen LogP contribution >= 0.6 is 7.82 Å². The van der Waals surface area contributed by atoms with E-state index in [0.29, 0.717) is 17.4 Å². The van der Waals surface area contributed by atoms with Crippen LogP contribution in [0.2, 0.25) is 0 Å². The van der Waals surface area contributed by atoms with Gasteiger partial charge in [0.1, 0.15) is 13.2 Å². The SMILES string of the molecule is CCCCCCCCCCCCCCCCCC/C=C/CC/C=C/C(O)C(COP(=O)(O)OCC[N+](C)(C)C)NC(=O)CCCCCCCCC. The van der Waals surface area contributed by atoms with Gasteiger partial charge in [0, 0.05) is 6.42 Å². The molecule has 0 bridgehead atoms. The fourth-order valence-corrected chi connectivity index (χ4v) is 6.73. The molecule has 0 heterocycles. The van der Waals surface area contributed by atoms with Crippen molar-refractivity contribution >= 4 is 13.7 Å². The number of quaternary nitrogens is 1. The largest absolute Gasteiger partial charge is 0.472 e. The lowest BCUT2D eigenvalue weighted by Crippen LogP contribution is -2.45. The summed E-state index contributed by atoms with van der Waals surface area (Å²) in [5, 5.41) is 13.7. The second-order valence-corrected chi connectivity index (χ2v) is 17.2. The molecular formula is C42H84N2O6P+. The van der Waals surface area contributed by atoms with Crippen molar-refractivity contribution in [3.8, 4) is 0 Å². The van der Waals surface area contributed by atoms with Crippen molar-refractivity contribution in [3.05, 3.63) is 24.3 Å². The van der Waals surface area contributed by atoms with Crippen LogP contribution in [0.1, 0.15) is 187 Å². The van der Waals surface area contributed by atoms with Crippen LogP contribution in [0.5, 0.6) is 0 Å². The highest BCUT2D eigenvalue weighted by molar-refractivity contribution is 7.47. The first-order valence-corrected chi connectivity index (χ1v) is 22.7. The summed E-state index contributed by atoms with van der Waals surface area (Å²) in [6.45, 7) is 4.74.